The lowest BCUT2D eigenvalue weighted by Gasteiger charge is -2.24. The Morgan fingerprint density at radius 1 is 1.06 bits per heavy atom. The lowest BCUT2D eigenvalue weighted by atomic mass is 9.98. The maximum atomic E-state index is 13.5. The molecule has 11 heteroatoms. The summed E-state index contributed by atoms with van der Waals surface area (Å²) >= 11 is 6.99. The van der Waals surface area contributed by atoms with Gasteiger partial charge in [0, 0.05) is 80.9 Å². The number of anilines is 3. The van der Waals surface area contributed by atoms with Gasteiger partial charge in [0.25, 0.3) is 5.91 Å². The molecular formula is C36H39ClN8O2. The highest BCUT2D eigenvalue weighted by Gasteiger charge is 2.26. The Morgan fingerprint density at radius 2 is 1.87 bits per heavy atom. The number of rotatable bonds is 8. The lowest BCUT2D eigenvalue weighted by molar-refractivity contribution is 0.101. The number of halogens is 1. The van der Waals surface area contributed by atoms with Crippen molar-refractivity contribution in [3.63, 3.8) is 0 Å². The molecule has 47 heavy (non-hydrogen) atoms. The number of nitrogens with one attached hydrogen (secondary N) is 2. The second-order valence-electron chi connectivity index (χ2n) is 12.5. The number of imidazole rings is 1. The van der Waals surface area contributed by atoms with Crippen LogP contribution < -0.4 is 10.6 Å². The highest BCUT2D eigenvalue weighted by Crippen LogP contribution is 2.38. The number of carbonyl (C=O) groups is 1. The van der Waals surface area contributed by atoms with Gasteiger partial charge >= 0.3 is 0 Å². The maximum Gasteiger partial charge on any atom is 0.291 e. The van der Waals surface area contributed by atoms with Crippen molar-refractivity contribution < 1.29 is 9.90 Å². The van der Waals surface area contributed by atoms with Gasteiger partial charge in [0.15, 0.2) is 11.6 Å². The fraction of sp³-hybridized carbons (Fsp3) is 0.333. The van der Waals surface area contributed by atoms with E-state index in [9.17, 15) is 9.90 Å². The third kappa shape index (κ3) is 6.21. The van der Waals surface area contributed by atoms with Gasteiger partial charge < -0.3 is 20.3 Å². The molecule has 0 radical (unpaired) electrons. The van der Waals surface area contributed by atoms with Crippen LogP contribution in [0.15, 0.2) is 60.9 Å². The average Bonchev–Trinajstić information content (AvgIpc) is 3.64. The number of aliphatic hydroxyl groups excluding tert-OH is 1. The number of benzene rings is 2. The number of likely N-dealkylation sites (tertiary alicyclic amines) is 1. The molecule has 5 heterocycles. The summed E-state index contributed by atoms with van der Waals surface area (Å²) in [6, 6.07) is 15.8. The molecule has 10 nitrogen and oxygen atoms in total. The number of β-amino-alcohol motifs (C(OH)–C–C–N with tert-alkyl or cyclic N) is 1. The quantitative estimate of drug-likeness (QED) is 0.189. The first-order chi connectivity index (χ1) is 22.8. The molecule has 1 atom stereocenters. The Labute approximate surface area is 279 Å². The number of fused-ring (bicyclic) bond motifs is 2. The average molecular weight is 651 g/mol. The lowest BCUT2D eigenvalue weighted by Crippen LogP contribution is -2.30. The zero-order valence-electron chi connectivity index (χ0n) is 26.9. The van der Waals surface area contributed by atoms with Gasteiger partial charge in [0.05, 0.1) is 22.5 Å². The van der Waals surface area contributed by atoms with Gasteiger partial charge in [-0.15, -0.1) is 0 Å². The molecule has 0 aliphatic carbocycles. The second-order valence-corrected chi connectivity index (χ2v) is 12.9. The molecule has 1 fully saturated rings. The molecule has 1 saturated heterocycles. The normalized spacial score (nSPS) is 16.8. The number of amides is 1. The third-order valence-corrected chi connectivity index (χ3v) is 9.83. The summed E-state index contributed by atoms with van der Waals surface area (Å²) in [6.45, 7) is 9.19. The van der Waals surface area contributed by atoms with E-state index < -0.39 is 0 Å². The van der Waals surface area contributed by atoms with Gasteiger partial charge in [0.1, 0.15) is 5.52 Å². The van der Waals surface area contributed by atoms with Gasteiger partial charge in [0.2, 0.25) is 0 Å². The van der Waals surface area contributed by atoms with Crippen LogP contribution >= 0.6 is 11.6 Å². The Hall–Kier alpha value is -4.35. The van der Waals surface area contributed by atoms with E-state index in [1.54, 1.807) is 6.20 Å². The summed E-state index contributed by atoms with van der Waals surface area (Å²) in [6.07, 6.45) is 5.11. The van der Waals surface area contributed by atoms with Gasteiger partial charge in [-0.25, -0.2) is 9.97 Å². The van der Waals surface area contributed by atoms with Crippen LogP contribution in [0.25, 0.3) is 22.0 Å². The molecular weight excluding hydrogens is 612 g/mol. The van der Waals surface area contributed by atoms with Crippen LogP contribution in [0.2, 0.25) is 5.02 Å². The van der Waals surface area contributed by atoms with Crippen molar-refractivity contribution in [2.75, 3.05) is 36.8 Å². The van der Waals surface area contributed by atoms with Gasteiger partial charge in [-0.3, -0.25) is 19.6 Å². The fourth-order valence-electron chi connectivity index (χ4n) is 6.76. The Balaban J connectivity index is 1.12. The first kappa shape index (κ1) is 31.3. The minimum atomic E-state index is -0.285. The van der Waals surface area contributed by atoms with Gasteiger partial charge in [-0.05, 0) is 60.8 Å². The number of aromatic nitrogens is 4. The van der Waals surface area contributed by atoms with E-state index >= 15 is 0 Å². The topological polar surface area (TPSA) is 111 Å². The molecule has 2 aliphatic rings. The summed E-state index contributed by atoms with van der Waals surface area (Å²) in [5.41, 5.74) is 8.10. The van der Waals surface area contributed by atoms with Crippen molar-refractivity contribution >= 4 is 45.6 Å². The predicted octanol–water partition coefficient (Wildman–Crippen LogP) is 5.93. The highest BCUT2D eigenvalue weighted by molar-refractivity contribution is 6.36. The van der Waals surface area contributed by atoms with E-state index in [1.807, 2.05) is 67.2 Å². The summed E-state index contributed by atoms with van der Waals surface area (Å²) in [5.74, 6) is 0.764. The van der Waals surface area contributed by atoms with Crippen LogP contribution in [-0.4, -0.2) is 72.6 Å². The molecule has 2 aliphatic heterocycles. The minimum Gasteiger partial charge on any atom is -0.392 e. The number of pyridine rings is 2. The monoisotopic (exact) mass is 650 g/mol. The summed E-state index contributed by atoms with van der Waals surface area (Å²) < 4.78 is 1.91. The van der Waals surface area contributed by atoms with E-state index in [0.717, 1.165) is 95.8 Å². The zero-order chi connectivity index (χ0) is 32.7. The molecule has 0 spiro atoms. The number of likely N-dealkylation sites (N-methyl/N-ethyl adjacent to an activating group) is 1. The van der Waals surface area contributed by atoms with Crippen molar-refractivity contribution in [3.8, 4) is 11.1 Å². The zero-order valence-corrected chi connectivity index (χ0v) is 27.7. The van der Waals surface area contributed by atoms with Crippen molar-refractivity contribution in [1.29, 1.82) is 0 Å². The van der Waals surface area contributed by atoms with Crippen LogP contribution in [0.1, 0.15) is 46.5 Å². The molecule has 7 rings (SSSR count). The Morgan fingerprint density at radius 3 is 2.66 bits per heavy atom. The highest BCUT2D eigenvalue weighted by atomic mass is 35.5. The standard InChI is InChI=1S/C36H39ClN8O2/c1-4-44-16-13-31-30(21-44)41-35(43(31)3)36(47)42-29-10-6-8-27(32(29)37)26-7-5-9-28(22(26)2)40-34-33-24(11-14-38-34)17-23(18-39-33)19-45-15-12-25(46)20-45/h5-11,14,17-18,25,46H,4,12-13,15-16,19-21H2,1-3H3,(H,38,40)(H,42,47)/t25-/m1/s1. The molecule has 3 aromatic heterocycles. The predicted molar refractivity (Wildman–Crippen MR) is 186 cm³/mol. The Bertz CT molecular complexity index is 1970. The third-order valence-electron chi connectivity index (χ3n) is 9.42. The number of carbonyl (C=O) groups excluding carboxylic acids is 1. The molecule has 5 aromatic rings. The largest absolute Gasteiger partial charge is 0.392 e. The molecule has 0 bridgehead atoms. The molecule has 3 N–H and O–H groups in total. The van der Waals surface area contributed by atoms with Gasteiger partial charge in [-0.1, -0.05) is 42.8 Å². The number of hydrogen-bond acceptors (Lipinski definition) is 8. The first-order valence-electron chi connectivity index (χ1n) is 16.2. The summed E-state index contributed by atoms with van der Waals surface area (Å²) in [5, 5.41) is 17.9. The summed E-state index contributed by atoms with van der Waals surface area (Å²) in [7, 11) is 1.90. The van der Waals surface area contributed by atoms with Gasteiger partial charge in [-0.2, -0.15) is 0 Å². The number of nitrogens with zero attached hydrogens (tertiary/aromatic N) is 6. The molecule has 0 saturated carbocycles. The Kier molecular flexibility index (Phi) is 8.67. The molecule has 0 unspecified atom stereocenters. The van der Waals surface area contributed by atoms with Crippen molar-refractivity contribution in [3.05, 3.63) is 94.3 Å². The maximum absolute atomic E-state index is 13.5. The van der Waals surface area contributed by atoms with Crippen molar-refractivity contribution in [2.45, 2.75) is 45.9 Å². The van der Waals surface area contributed by atoms with E-state index in [4.69, 9.17) is 21.6 Å². The van der Waals surface area contributed by atoms with Crippen molar-refractivity contribution in [2.24, 2.45) is 7.05 Å². The molecule has 242 valence electrons. The summed E-state index contributed by atoms with van der Waals surface area (Å²) in [4.78, 5) is 32.1. The van der Waals surface area contributed by atoms with E-state index in [0.29, 0.717) is 28.9 Å². The molecule has 2 aromatic carbocycles. The number of hydrogen-bond donors (Lipinski definition) is 3. The van der Waals surface area contributed by atoms with Crippen LogP contribution in [-0.2, 0) is 26.6 Å². The van der Waals surface area contributed by atoms with E-state index in [-0.39, 0.29) is 12.0 Å². The smallest absolute Gasteiger partial charge is 0.291 e. The van der Waals surface area contributed by atoms with Crippen LogP contribution in [0.5, 0.6) is 0 Å². The SMILES string of the molecule is CCN1CCc2c(nc(C(=O)Nc3cccc(-c4cccc(Nc5nccc6cc(CN7CC[C@@H](O)C7)cnc56)c4C)c3Cl)n2C)C1. The van der Waals surface area contributed by atoms with E-state index in [2.05, 4.69) is 38.4 Å². The number of aliphatic hydroxyl groups is 1. The molecule has 1 amide bonds. The van der Waals surface area contributed by atoms with Crippen LogP contribution in [0, 0.1) is 6.92 Å². The van der Waals surface area contributed by atoms with Crippen molar-refractivity contribution in [1.82, 2.24) is 29.3 Å². The first-order valence-corrected chi connectivity index (χ1v) is 16.5. The van der Waals surface area contributed by atoms with Crippen LogP contribution in [0.4, 0.5) is 17.2 Å². The fourth-order valence-corrected chi connectivity index (χ4v) is 7.03. The minimum absolute atomic E-state index is 0.248. The van der Waals surface area contributed by atoms with Crippen LogP contribution in [0.3, 0.4) is 0 Å². The van der Waals surface area contributed by atoms with E-state index in [1.165, 1.54) is 0 Å². The second kappa shape index (κ2) is 13.0.